The van der Waals surface area contributed by atoms with Crippen molar-refractivity contribution in [2.24, 2.45) is 11.7 Å². The Morgan fingerprint density at radius 2 is 1.69 bits per heavy atom. The molecule has 2 aliphatic rings. The number of piperidine rings is 1. The Kier molecular flexibility index (Phi) is 5.47. The number of hydrogen-bond donors (Lipinski definition) is 2. The number of primary amides is 1. The summed E-state index contributed by atoms with van der Waals surface area (Å²) in [6.07, 6.45) is 8.86. The molecule has 2 fully saturated rings. The monoisotopic (exact) mass is 393 g/mol. The lowest BCUT2D eigenvalue weighted by molar-refractivity contribution is -0.139. The number of hydrogen-bond acceptors (Lipinski definition) is 5. The number of nitrogen functional groups attached to an aromatic ring is 1. The summed E-state index contributed by atoms with van der Waals surface area (Å²) in [6, 6.07) is 6.96. The molecule has 2 aromatic rings. The minimum atomic E-state index is -0.467. The van der Waals surface area contributed by atoms with E-state index in [9.17, 15) is 9.59 Å². The first-order valence-corrected chi connectivity index (χ1v) is 10.4. The summed E-state index contributed by atoms with van der Waals surface area (Å²) in [6.45, 7) is 0.754. The highest BCUT2D eigenvalue weighted by molar-refractivity contribution is 5.93. The van der Waals surface area contributed by atoms with Crippen LogP contribution in [0.25, 0.3) is 11.1 Å². The quantitative estimate of drug-likeness (QED) is 0.828. The van der Waals surface area contributed by atoms with Gasteiger partial charge in [0.2, 0.25) is 17.8 Å². The molecule has 2 amide bonds. The number of nitrogens with two attached hydrogens (primary N) is 2. The van der Waals surface area contributed by atoms with E-state index in [1.165, 1.54) is 0 Å². The summed E-state index contributed by atoms with van der Waals surface area (Å²) in [5, 5.41) is 0. The Bertz CT molecular complexity index is 906. The van der Waals surface area contributed by atoms with Gasteiger partial charge in [0.1, 0.15) is 0 Å². The highest BCUT2D eigenvalue weighted by Crippen LogP contribution is 2.38. The standard InChI is InChI=1S/C22H27N5O2/c23-20(28)15-10-8-14(9-11-15)17-13-25-22(24)26-19(17)18-7-3-4-12-27(18)21(29)16-5-1-2-6-16/h8-11,13,16,18H,1-7,12H2,(H2,23,28)(H2,24,25,26). The van der Waals surface area contributed by atoms with Crippen molar-refractivity contribution in [1.29, 1.82) is 0 Å². The van der Waals surface area contributed by atoms with Crippen LogP contribution in [0.5, 0.6) is 0 Å². The molecule has 0 radical (unpaired) electrons. The van der Waals surface area contributed by atoms with Gasteiger partial charge in [0.15, 0.2) is 0 Å². The van der Waals surface area contributed by atoms with Crippen LogP contribution in [0.1, 0.15) is 67.0 Å². The maximum atomic E-state index is 13.2. The lowest BCUT2D eigenvalue weighted by Crippen LogP contribution is -2.42. The van der Waals surface area contributed by atoms with Crippen LogP contribution in [0.2, 0.25) is 0 Å². The Morgan fingerprint density at radius 1 is 1.00 bits per heavy atom. The number of anilines is 1. The second kappa shape index (κ2) is 8.19. The Hall–Kier alpha value is -2.96. The second-order valence-electron chi connectivity index (χ2n) is 7.99. The number of carbonyl (C=O) groups is 2. The summed E-state index contributed by atoms with van der Waals surface area (Å²) in [5.74, 6) is 0.120. The predicted molar refractivity (Wildman–Crippen MR) is 111 cm³/mol. The molecule has 1 aliphatic carbocycles. The average Bonchev–Trinajstić information content (AvgIpc) is 3.28. The smallest absolute Gasteiger partial charge is 0.248 e. The molecule has 2 heterocycles. The molecule has 1 aromatic carbocycles. The van der Waals surface area contributed by atoms with Crippen molar-refractivity contribution in [1.82, 2.24) is 14.9 Å². The third kappa shape index (κ3) is 3.95. The zero-order valence-electron chi connectivity index (χ0n) is 16.5. The van der Waals surface area contributed by atoms with Crippen molar-refractivity contribution in [2.75, 3.05) is 12.3 Å². The van der Waals surface area contributed by atoms with E-state index in [0.29, 0.717) is 5.56 Å². The van der Waals surface area contributed by atoms with E-state index in [1.54, 1.807) is 18.3 Å². The Balaban J connectivity index is 1.71. The molecular formula is C22H27N5O2. The molecule has 29 heavy (non-hydrogen) atoms. The molecule has 0 spiro atoms. The van der Waals surface area contributed by atoms with Gasteiger partial charge >= 0.3 is 0 Å². The molecular weight excluding hydrogens is 366 g/mol. The number of carbonyl (C=O) groups excluding carboxylic acids is 2. The summed E-state index contributed by atoms with van der Waals surface area (Å²) in [4.78, 5) is 35.4. The van der Waals surface area contributed by atoms with Crippen LogP contribution in [0.4, 0.5) is 5.95 Å². The van der Waals surface area contributed by atoms with Crippen molar-refractivity contribution in [3.05, 3.63) is 41.7 Å². The lowest BCUT2D eigenvalue weighted by atomic mass is 9.92. The fourth-order valence-corrected chi connectivity index (χ4v) is 4.59. The van der Waals surface area contributed by atoms with E-state index in [0.717, 1.165) is 68.3 Å². The molecule has 4 N–H and O–H groups in total. The zero-order chi connectivity index (χ0) is 20.4. The maximum absolute atomic E-state index is 13.2. The van der Waals surface area contributed by atoms with Gasteiger partial charge in [0.25, 0.3) is 0 Å². The van der Waals surface area contributed by atoms with E-state index < -0.39 is 5.91 Å². The minimum Gasteiger partial charge on any atom is -0.368 e. The molecule has 7 nitrogen and oxygen atoms in total. The van der Waals surface area contributed by atoms with Crippen molar-refractivity contribution in [3.8, 4) is 11.1 Å². The Morgan fingerprint density at radius 3 is 2.38 bits per heavy atom. The number of benzene rings is 1. The van der Waals surface area contributed by atoms with Gasteiger partial charge < -0.3 is 16.4 Å². The second-order valence-corrected chi connectivity index (χ2v) is 7.99. The van der Waals surface area contributed by atoms with Gasteiger partial charge in [-0.2, -0.15) is 0 Å². The number of amides is 2. The number of likely N-dealkylation sites (tertiary alicyclic amines) is 1. The number of rotatable bonds is 4. The molecule has 0 bridgehead atoms. The van der Waals surface area contributed by atoms with Crippen molar-refractivity contribution in [2.45, 2.75) is 51.0 Å². The van der Waals surface area contributed by atoms with Crippen LogP contribution in [0, 0.1) is 5.92 Å². The van der Waals surface area contributed by atoms with E-state index in [4.69, 9.17) is 11.5 Å². The zero-order valence-corrected chi connectivity index (χ0v) is 16.5. The van der Waals surface area contributed by atoms with Crippen molar-refractivity contribution < 1.29 is 9.59 Å². The molecule has 1 aromatic heterocycles. The molecule has 152 valence electrons. The molecule has 4 rings (SSSR count). The lowest BCUT2D eigenvalue weighted by Gasteiger charge is -2.37. The molecule has 1 aliphatic heterocycles. The van der Waals surface area contributed by atoms with Gasteiger partial charge in [-0.05, 0) is 49.8 Å². The molecule has 1 atom stereocenters. The highest BCUT2D eigenvalue weighted by Gasteiger charge is 2.35. The topological polar surface area (TPSA) is 115 Å². The van der Waals surface area contributed by atoms with E-state index in [-0.39, 0.29) is 23.8 Å². The van der Waals surface area contributed by atoms with E-state index in [2.05, 4.69) is 9.97 Å². The first kappa shape index (κ1) is 19.4. The molecule has 7 heteroatoms. The van der Waals surface area contributed by atoms with Gasteiger partial charge in [-0.1, -0.05) is 25.0 Å². The average molecular weight is 393 g/mol. The third-order valence-electron chi connectivity index (χ3n) is 6.12. The fourth-order valence-electron chi connectivity index (χ4n) is 4.59. The van der Waals surface area contributed by atoms with Crippen LogP contribution in [-0.2, 0) is 4.79 Å². The van der Waals surface area contributed by atoms with Gasteiger partial charge in [-0.25, -0.2) is 9.97 Å². The van der Waals surface area contributed by atoms with Crippen LogP contribution in [0.3, 0.4) is 0 Å². The molecule has 1 saturated carbocycles. The first-order chi connectivity index (χ1) is 14.0. The molecule has 1 unspecified atom stereocenters. The van der Waals surface area contributed by atoms with Crippen molar-refractivity contribution in [3.63, 3.8) is 0 Å². The summed E-state index contributed by atoms with van der Waals surface area (Å²) >= 11 is 0. The largest absolute Gasteiger partial charge is 0.368 e. The molecule has 1 saturated heterocycles. The van der Waals surface area contributed by atoms with Crippen LogP contribution in [0.15, 0.2) is 30.5 Å². The maximum Gasteiger partial charge on any atom is 0.248 e. The summed E-state index contributed by atoms with van der Waals surface area (Å²) in [7, 11) is 0. The number of nitrogens with zero attached hydrogens (tertiary/aromatic N) is 3. The van der Waals surface area contributed by atoms with Gasteiger partial charge in [0.05, 0.1) is 11.7 Å². The van der Waals surface area contributed by atoms with Crippen LogP contribution < -0.4 is 11.5 Å². The van der Waals surface area contributed by atoms with Crippen molar-refractivity contribution >= 4 is 17.8 Å². The predicted octanol–water partition coefficient (Wildman–Crippen LogP) is 3.07. The van der Waals surface area contributed by atoms with Gasteiger partial charge in [-0.15, -0.1) is 0 Å². The summed E-state index contributed by atoms with van der Waals surface area (Å²) < 4.78 is 0. The van der Waals surface area contributed by atoms with E-state index >= 15 is 0 Å². The summed E-state index contributed by atoms with van der Waals surface area (Å²) in [5.41, 5.74) is 14.2. The number of aromatic nitrogens is 2. The van der Waals surface area contributed by atoms with Crippen LogP contribution in [-0.4, -0.2) is 33.2 Å². The third-order valence-corrected chi connectivity index (χ3v) is 6.12. The Labute approximate surface area is 170 Å². The van der Waals surface area contributed by atoms with Crippen LogP contribution >= 0.6 is 0 Å². The van der Waals surface area contributed by atoms with E-state index in [1.807, 2.05) is 17.0 Å². The first-order valence-electron chi connectivity index (χ1n) is 10.4. The highest BCUT2D eigenvalue weighted by atomic mass is 16.2. The minimum absolute atomic E-state index is 0.104. The van der Waals surface area contributed by atoms with Gasteiger partial charge in [-0.3, -0.25) is 9.59 Å². The normalized spacial score (nSPS) is 20.0. The fraction of sp³-hybridized carbons (Fsp3) is 0.455. The van der Waals surface area contributed by atoms with Gasteiger partial charge in [0, 0.05) is 29.8 Å². The SMILES string of the molecule is NC(=O)c1ccc(-c2cnc(N)nc2C2CCCCN2C(=O)C2CCCC2)cc1.